The summed E-state index contributed by atoms with van der Waals surface area (Å²) in [7, 11) is -3.71. The quantitative estimate of drug-likeness (QED) is 0.543. The van der Waals surface area contributed by atoms with Crippen LogP contribution in [0.15, 0.2) is 54.6 Å². The lowest BCUT2D eigenvalue weighted by Gasteiger charge is -2.32. The lowest BCUT2D eigenvalue weighted by Crippen LogP contribution is -2.53. The zero-order chi connectivity index (χ0) is 24.6. The summed E-state index contributed by atoms with van der Waals surface area (Å²) in [5.74, 6) is -0.683. The summed E-state index contributed by atoms with van der Waals surface area (Å²) in [6.45, 7) is 7.34. The number of benzene rings is 2. The van der Waals surface area contributed by atoms with Gasteiger partial charge in [-0.15, -0.1) is 0 Å². The van der Waals surface area contributed by atoms with Gasteiger partial charge in [-0.1, -0.05) is 49.4 Å². The van der Waals surface area contributed by atoms with E-state index < -0.39 is 22.0 Å². The SMILES string of the molecule is CC[C@@H](C)NC(=O)[C@H](C)N(CCc1ccccc1)C(=O)CN(c1cccc(C)c1)S(C)(=O)=O. The van der Waals surface area contributed by atoms with Crippen molar-refractivity contribution in [3.8, 4) is 0 Å². The highest BCUT2D eigenvalue weighted by Crippen LogP contribution is 2.19. The van der Waals surface area contributed by atoms with Gasteiger partial charge in [0.05, 0.1) is 11.9 Å². The fraction of sp³-hybridized carbons (Fsp3) is 0.440. The summed E-state index contributed by atoms with van der Waals surface area (Å²) >= 11 is 0. The molecule has 0 saturated carbocycles. The van der Waals surface area contributed by atoms with Crippen LogP contribution in [0.3, 0.4) is 0 Å². The number of sulfonamides is 1. The van der Waals surface area contributed by atoms with Gasteiger partial charge in [-0.3, -0.25) is 13.9 Å². The molecule has 2 atom stereocenters. The molecule has 0 fully saturated rings. The number of hydrogen-bond donors (Lipinski definition) is 1. The van der Waals surface area contributed by atoms with E-state index in [1.54, 1.807) is 25.1 Å². The first-order chi connectivity index (χ1) is 15.5. The molecule has 2 amide bonds. The van der Waals surface area contributed by atoms with Crippen molar-refractivity contribution in [2.24, 2.45) is 0 Å². The molecule has 0 radical (unpaired) electrons. The summed E-state index contributed by atoms with van der Waals surface area (Å²) < 4.78 is 26.2. The van der Waals surface area contributed by atoms with Crippen LogP contribution in [0.4, 0.5) is 5.69 Å². The van der Waals surface area contributed by atoms with Gasteiger partial charge in [0, 0.05) is 12.6 Å². The van der Waals surface area contributed by atoms with Crippen molar-refractivity contribution < 1.29 is 18.0 Å². The van der Waals surface area contributed by atoms with E-state index in [1.807, 2.05) is 57.2 Å². The van der Waals surface area contributed by atoms with Crippen LogP contribution in [0.25, 0.3) is 0 Å². The molecule has 33 heavy (non-hydrogen) atoms. The molecule has 2 rings (SSSR count). The van der Waals surface area contributed by atoms with Crippen LogP contribution < -0.4 is 9.62 Å². The Morgan fingerprint density at radius 2 is 1.70 bits per heavy atom. The third-order valence-corrected chi connectivity index (χ3v) is 6.76. The summed E-state index contributed by atoms with van der Waals surface area (Å²) in [6, 6.07) is 15.9. The highest BCUT2D eigenvalue weighted by molar-refractivity contribution is 7.92. The molecule has 0 unspecified atom stereocenters. The van der Waals surface area contributed by atoms with Crippen molar-refractivity contribution in [2.75, 3.05) is 23.7 Å². The van der Waals surface area contributed by atoms with E-state index in [4.69, 9.17) is 0 Å². The average molecular weight is 474 g/mol. The van der Waals surface area contributed by atoms with E-state index in [0.717, 1.165) is 28.1 Å². The highest BCUT2D eigenvalue weighted by atomic mass is 32.2. The van der Waals surface area contributed by atoms with Gasteiger partial charge < -0.3 is 10.2 Å². The number of hydrogen-bond acceptors (Lipinski definition) is 4. The Morgan fingerprint density at radius 3 is 2.27 bits per heavy atom. The number of carbonyl (C=O) groups is 2. The minimum atomic E-state index is -3.71. The molecule has 2 aromatic rings. The molecule has 0 aliphatic heterocycles. The molecule has 0 spiro atoms. The Balaban J connectivity index is 2.30. The number of nitrogens with zero attached hydrogens (tertiary/aromatic N) is 2. The van der Waals surface area contributed by atoms with Crippen molar-refractivity contribution >= 4 is 27.5 Å². The van der Waals surface area contributed by atoms with Gasteiger partial charge in [0.25, 0.3) is 0 Å². The molecule has 180 valence electrons. The van der Waals surface area contributed by atoms with Crippen LogP contribution >= 0.6 is 0 Å². The first kappa shape index (κ1) is 26.4. The Labute approximate surface area is 197 Å². The molecule has 1 N–H and O–H groups in total. The normalized spacial score (nSPS) is 13.1. The van der Waals surface area contributed by atoms with Crippen molar-refractivity contribution in [1.29, 1.82) is 0 Å². The fourth-order valence-electron chi connectivity index (χ4n) is 3.43. The van der Waals surface area contributed by atoms with E-state index in [0.29, 0.717) is 18.7 Å². The van der Waals surface area contributed by atoms with Gasteiger partial charge in [0.1, 0.15) is 12.6 Å². The molecule has 2 aromatic carbocycles. The summed E-state index contributed by atoms with van der Waals surface area (Å²) in [4.78, 5) is 27.7. The maximum absolute atomic E-state index is 13.4. The van der Waals surface area contributed by atoms with Crippen molar-refractivity contribution in [3.05, 3.63) is 65.7 Å². The predicted molar refractivity (Wildman–Crippen MR) is 133 cm³/mol. The second kappa shape index (κ2) is 11.8. The molecule has 7 nitrogen and oxygen atoms in total. The summed E-state index contributed by atoms with van der Waals surface area (Å²) in [5.41, 5.74) is 2.34. The van der Waals surface area contributed by atoms with Crippen LogP contribution in [0.1, 0.15) is 38.3 Å². The van der Waals surface area contributed by atoms with Crippen molar-refractivity contribution in [1.82, 2.24) is 10.2 Å². The number of aryl methyl sites for hydroxylation is 1. The van der Waals surface area contributed by atoms with Gasteiger partial charge in [-0.25, -0.2) is 8.42 Å². The Kier molecular flexibility index (Phi) is 9.46. The second-order valence-electron chi connectivity index (χ2n) is 8.43. The maximum Gasteiger partial charge on any atom is 0.244 e. The Bertz CT molecular complexity index is 1040. The van der Waals surface area contributed by atoms with Crippen LogP contribution in [0.2, 0.25) is 0 Å². The van der Waals surface area contributed by atoms with E-state index >= 15 is 0 Å². The first-order valence-corrected chi connectivity index (χ1v) is 13.1. The van der Waals surface area contributed by atoms with Crippen LogP contribution in [0, 0.1) is 6.92 Å². The van der Waals surface area contributed by atoms with E-state index in [-0.39, 0.29) is 18.5 Å². The van der Waals surface area contributed by atoms with E-state index in [1.165, 1.54) is 4.90 Å². The molecule has 0 aliphatic carbocycles. The maximum atomic E-state index is 13.4. The zero-order valence-corrected chi connectivity index (χ0v) is 20.9. The summed E-state index contributed by atoms with van der Waals surface area (Å²) in [6.07, 6.45) is 2.40. The lowest BCUT2D eigenvalue weighted by atomic mass is 10.1. The molecule has 0 heterocycles. The number of carbonyl (C=O) groups excluding carboxylic acids is 2. The van der Waals surface area contributed by atoms with Gasteiger partial charge in [-0.2, -0.15) is 0 Å². The minimum absolute atomic E-state index is 0.0224. The molecule has 0 aromatic heterocycles. The average Bonchev–Trinajstić information content (AvgIpc) is 2.77. The largest absolute Gasteiger partial charge is 0.352 e. The van der Waals surface area contributed by atoms with Gasteiger partial charge in [0.15, 0.2) is 0 Å². The third kappa shape index (κ3) is 7.89. The number of anilines is 1. The van der Waals surface area contributed by atoms with Crippen molar-refractivity contribution in [3.63, 3.8) is 0 Å². The molecular weight excluding hydrogens is 438 g/mol. The first-order valence-electron chi connectivity index (χ1n) is 11.2. The van der Waals surface area contributed by atoms with Crippen LogP contribution in [0.5, 0.6) is 0 Å². The van der Waals surface area contributed by atoms with E-state index in [9.17, 15) is 18.0 Å². The zero-order valence-electron chi connectivity index (χ0n) is 20.1. The standard InChI is InChI=1S/C25H35N3O4S/c1-6-20(3)26-25(30)21(4)27(16-15-22-12-8-7-9-13-22)24(29)18-28(33(5,31)32)23-14-10-11-19(2)17-23/h7-14,17,20-21H,6,15-16,18H2,1-5H3,(H,26,30)/t20-,21+/m1/s1. The van der Waals surface area contributed by atoms with Crippen LogP contribution in [-0.4, -0.2) is 56.6 Å². The monoisotopic (exact) mass is 473 g/mol. The molecular formula is C25H35N3O4S. The second-order valence-corrected chi connectivity index (χ2v) is 10.3. The van der Waals surface area contributed by atoms with Gasteiger partial charge in [-0.05, 0) is 56.9 Å². The number of nitrogens with one attached hydrogen (secondary N) is 1. The number of rotatable bonds is 11. The smallest absolute Gasteiger partial charge is 0.244 e. The topological polar surface area (TPSA) is 86.8 Å². The van der Waals surface area contributed by atoms with Crippen LogP contribution in [-0.2, 0) is 26.0 Å². The highest BCUT2D eigenvalue weighted by Gasteiger charge is 2.30. The Morgan fingerprint density at radius 1 is 1.03 bits per heavy atom. The third-order valence-electron chi connectivity index (χ3n) is 5.62. The Hall–Kier alpha value is -2.87. The fourth-order valence-corrected chi connectivity index (χ4v) is 4.27. The minimum Gasteiger partial charge on any atom is -0.352 e. The molecule has 0 aliphatic rings. The lowest BCUT2D eigenvalue weighted by molar-refractivity contribution is -0.139. The molecule has 8 heteroatoms. The molecule has 0 bridgehead atoms. The summed E-state index contributed by atoms with van der Waals surface area (Å²) in [5, 5.41) is 2.92. The van der Waals surface area contributed by atoms with E-state index in [2.05, 4.69) is 5.32 Å². The predicted octanol–water partition coefficient (Wildman–Crippen LogP) is 3.14. The molecule has 0 saturated heterocycles. The van der Waals surface area contributed by atoms with Crippen molar-refractivity contribution in [2.45, 2.75) is 52.6 Å². The van der Waals surface area contributed by atoms with Gasteiger partial charge in [0.2, 0.25) is 21.8 Å². The number of amides is 2. The van der Waals surface area contributed by atoms with Gasteiger partial charge >= 0.3 is 0 Å².